The quantitative estimate of drug-likeness (QED) is 0.755. The summed E-state index contributed by atoms with van der Waals surface area (Å²) in [6.07, 6.45) is 8.90. The van der Waals surface area contributed by atoms with Crippen molar-refractivity contribution < 1.29 is 14.0 Å². The van der Waals surface area contributed by atoms with Gasteiger partial charge in [0, 0.05) is 38.1 Å². The molecule has 2 aromatic rings. The second-order valence-electron chi connectivity index (χ2n) is 7.97. The molecule has 162 valence electrons. The second-order valence-corrected chi connectivity index (χ2v) is 7.97. The molecule has 1 aromatic heterocycles. The number of rotatable bonds is 7. The summed E-state index contributed by atoms with van der Waals surface area (Å²) < 4.78 is 15.8. The fourth-order valence-corrected chi connectivity index (χ4v) is 3.70. The van der Waals surface area contributed by atoms with Crippen molar-refractivity contribution in [2.45, 2.75) is 32.1 Å². The Labute approximate surface area is 176 Å². The van der Waals surface area contributed by atoms with Crippen LogP contribution < -0.4 is 5.32 Å². The molecule has 0 bridgehead atoms. The summed E-state index contributed by atoms with van der Waals surface area (Å²) in [5.41, 5.74) is 1.55. The molecule has 1 aromatic carbocycles. The topological polar surface area (TPSA) is 70.5 Å². The van der Waals surface area contributed by atoms with Crippen molar-refractivity contribution in [1.82, 2.24) is 19.6 Å². The number of aryl methyl sites for hydroxylation is 1. The fraction of sp³-hybridized carbons (Fsp3) is 0.500. The summed E-state index contributed by atoms with van der Waals surface area (Å²) in [7, 11) is 3.52. The predicted molar refractivity (Wildman–Crippen MR) is 114 cm³/mol. The lowest BCUT2D eigenvalue weighted by Crippen LogP contribution is -2.34. The lowest BCUT2D eigenvalue weighted by Gasteiger charge is -2.20. The average Bonchev–Trinajstić information content (AvgIpc) is 2.95. The second kappa shape index (κ2) is 10.3. The zero-order chi connectivity index (χ0) is 21.5. The minimum absolute atomic E-state index is 0.189. The van der Waals surface area contributed by atoms with Gasteiger partial charge in [-0.1, -0.05) is 12.8 Å². The van der Waals surface area contributed by atoms with Gasteiger partial charge in [-0.05, 0) is 56.1 Å². The number of likely N-dealkylation sites (N-methyl/N-ethyl adjacent to an activating group) is 1. The van der Waals surface area contributed by atoms with Crippen molar-refractivity contribution in [2.24, 2.45) is 7.05 Å². The van der Waals surface area contributed by atoms with E-state index in [1.165, 1.54) is 31.0 Å². The molecular weight excluding hydrogens is 385 g/mol. The standard InChI is InChI=1S/C22H30FN5O2/c1-26(10-7-17-14-24-27(2)15-17)22(30)18-11-19(23)13-20(12-18)25-21(29)16-28-8-5-3-4-6-9-28/h11-15H,3-10,16H2,1-2H3,(H,25,29). The number of benzene rings is 1. The third-order valence-electron chi connectivity index (χ3n) is 5.34. The highest BCUT2D eigenvalue weighted by atomic mass is 19.1. The van der Waals surface area contributed by atoms with Gasteiger partial charge in [0.25, 0.3) is 5.91 Å². The minimum Gasteiger partial charge on any atom is -0.341 e. The maximum atomic E-state index is 14.1. The number of carbonyl (C=O) groups excluding carboxylic acids is 2. The van der Waals surface area contributed by atoms with Gasteiger partial charge in [0.05, 0.1) is 12.7 Å². The summed E-state index contributed by atoms with van der Waals surface area (Å²) in [4.78, 5) is 28.8. The van der Waals surface area contributed by atoms with Crippen LogP contribution in [0.1, 0.15) is 41.6 Å². The first-order chi connectivity index (χ1) is 14.4. The van der Waals surface area contributed by atoms with Crippen molar-refractivity contribution in [2.75, 3.05) is 38.5 Å². The number of likely N-dealkylation sites (tertiary alicyclic amines) is 1. The normalized spacial score (nSPS) is 14.9. The molecule has 2 amide bonds. The Hall–Kier alpha value is -2.74. The fourth-order valence-electron chi connectivity index (χ4n) is 3.70. The number of amides is 2. The highest BCUT2D eigenvalue weighted by molar-refractivity contribution is 5.97. The van der Waals surface area contributed by atoms with Crippen LogP contribution in [0.4, 0.5) is 10.1 Å². The van der Waals surface area contributed by atoms with E-state index in [0.29, 0.717) is 18.7 Å². The van der Waals surface area contributed by atoms with Gasteiger partial charge in [0.2, 0.25) is 5.91 Å². The number of halogens is 1. The molecule has 0 spiro atoms. The van der Waals surface area contributed by atoms with Gasteiger partial charge < -0.3 is 10.2 Å². The zero-order valence-corrected chi connectivity index (χ0v) is 17.7. The largest absolute Gasteiger partial charge is 0.341 e. The maximum Gasteiger partial charge on any atom is 0.253 e. The van der Waals surface area contributed by atoms with Crippen molar-refractivity contribution >= 4 is 17.5 Å². The van der Waals surface area contributed by atoms with Crippen molar-refractivity contribution in [3.8, 4) is 0 Å². The summed E-state index contributed by atoms with van der Waals surface area (Å²) in [5, 5.41) is 6.86. The number of carbonyl (C=O) groups is 2. The highest BCUT2D eigenvalue weighted by Crippen LogP contribution is 2.17. The molecule has 3 rings (SSSR count). The van der Waals surface area contributed by atoms with Gasteiger partial charge in [0.1, 0.15) is 5.82 Å². The molecule has 1 fully saturated rings. The highest BCUT2D eigenvalue weighted by Gasteiger charge is 2.17. The van der Waals surface area contributed by atoms with Gasteiger partial charge in [0.15, 0.2) is 0 Å². The molecule has 0 radical (unpaired) electrons. The molecule has 1 aliphatic rings. The first-order valence-corrected chi connectivity index (χ1v) is 10.5. The first-order valence-electron chi connectivity index (χ1n) is 10.5. The lowest BCUT2D eigenvalue weighted by atomic mass is 10.1. The smallest absolute Gasteiger partial charge is 0.253 e. The minimum atomic E-state index is -0.549. The molecule has 1 aliphatic heterocycles. The number of hydrogen-bond donors (Lipinski definition) is 1. The van der Waals surface area contributed by atoms with E-state index < -0.39 is 5.82 Å². The van der Waals surface area contributed by atoms with Crippen LogP contribution >= 0.6 is 0 Å². The van der Waals surface area contributed by atoms with E-state index in [2.05, 4.69) is 15.3 Å². The van der Waals surface area contributed by atoms with Crippen LogP contribution in [0.3, 0.4) is 0 Å². The van der Waals surface area contributed by atoms with Gasteiger partial charge in [-0.3, -0.25) is 19.2 Å². The number of hydrogen-bond acceptors (Lipinski definition) is 4. The number of aromatic nitrogens is 2. The van der Waals surface area contributed by atoms with Gasteiger partial charge in [-0.15, -0.1) is 0 Å². The van der Waals surface area contributed by atoms with Gasteiger partial charge in [-0.2, -0.15) is 5.10 Å². The Bertz CT molecular complexity index is 874. The molecule has 0 atom stereocenters. The van der Waals surface area contributed by atoms with Gasteiger partial charge >= 0.3 is 0 Å². The molecule has 2 heterocycles. The first kappa shape index (κ1) is 22.0. The SMILES string of the molecule is CN(CCc1cnn(C)c1)C(=O)c1cc(F)cc(NC(=O)CN2CCCCCC2)c1. The summed E-state index contributed by atoms with van der Waals surface area (Å²) in [5.74, 6) is -1.03. The summed E-state index contributed by atoms with van der Waals surface area (Å²) >= 11 is 0. The monoisotopic (exact) mass is 415 g/mol. The van der Waals surface area contributed by atoms with Crippen molar-refractivity contribution in [1.29, 1.82) is 0 Å². The maximum absolute atomic E-state index is 14.1. The van der Waals surface area contributed by atoms with E-state index in [-0.39, 0.29) is 23.9 Å². The Morgan fingerprint density at radius 1 is 1.17 bits per heavy atom. The molecule has 1 N–H and O–H groups in total. The third kappa shape index (κ3) is 6.38. The van der Waals surface area contributed by atoms with Crippen LogP contribution in [0.15, 0.2) is 30.6 Å². The summed E-state index contributed by atoms with van der Waals surface area (Å²) in [6.45, 7) is 2.58. The van der Waals surface area contributed by atoms with Gasteiger partial charge in [-0.25, -0.2) is 4.39 Å². The molecule has 0 aliphatic carbocycles. The third-order valence-corrected chi connectivity index (χ3v) is 5.34. The molecule has 7 nitrogen and oxygen atoms in total. The lowest BCUT2D eigenvalue weighted by molar-refractivity contribution is -0.117. The molecule has 0 unspecified atom stereocenters. The molecule has 8 heteroatoms. The van der Waals surface area contributed by atoms with Crippen LogP contribution in [-0.2, 0) is 18.3 Å². The van der Waals surface area contributed by atoms with E-state index >= 15 is 0 Å². The average molecular weight is 416 g/mol. The van der Waals surface area contributed by atoms with Crippen LogP contribution in [-0.4, -0.2) is 64.6 Å². The van der Waals surface area contributed by atoms with E-state index in [4.69, 9.17) is 0 Å². The number of anilines is 1. The van der Waals surface area contributed by atoms with E-state index in [0.717, 1.165) is 31.5 Å². The summed E-state index contributed by atoms with van der Waals surface area (Å²) in [6, 6.07) is 3.98. The van der Waals surface area contributed by atoms with Crippen molar-refractivity contribution in [3.05, 3.63) is 47.5 Å². The number of nitrogens with one attached hydrogen (secondary N) is 1. The van der Waals surface area contributed by atoms with E-state index in [9.17, 15) is 14.0 Å². The van der Waals surface area contributed by atoms with Crippen LogP contribution in [0.5, 0.6) is 0 Å². The van der Waals surface area contributed by atoms with Crippen LogP contribution in [0.25, 0.3) is 0 Å². The van der Waals surface area contributed by atoms with Crippen LogP contribution in [0, 0.1) is 5.82 Å². The Morgan fingerprint density at radius 2 is 1.90 bits per heavy atom. The van der Waals surface area contributed by atoms with Crippen LogP contribution in [0.2, 0.25) is 0 Å². The van der Waals surface area contributed by atoms with E-state index in [1.54, 1.807) is 22.8 Å². The molecule has 0 saturated carbocycles. The Balaban J connectivity index is 1.59. The molecule has 1 saturated heterocycles. The molecular formula is C22H30FN5O2. The predicted octanol–water partition coefficient (Wildman–Crippen LogP) is 2.69. The Morgan fingerprint density at radius 3 is 2.57 bits per heavy atom. The Kier molecular flexibility index (Phi) is 7.57. The number of nitrogens with zero attached hydrogens (tertiary/aromatic N) is 4. The van der Waals surface area contributed by atoms with E-state index in [1.807, 2.05) is 13.2 Å². The van der Waals surface area contributed by atoms with Crippen molar-refractivity contribution in [3.63, 3.8) is 0 Å². The zero-order valence-electron chi connectivity index (χ0n) is 17.7. The molecule has 30 heavy (non-hydrogen) atoms.